The number of hydrogen-bond donors (Lipinski definition) is 2. The van der Waals surface area contributed by atoms with Gasteiger partial charge < -0.3 is 10.4 Å². The summed E-state index contributed by atoms with van der Waals surface area (Å²) in [4.78, 5) is 0. The first-order valence-electron chi connectivity index (χ1n) is 7.51. The van der Waals surface area contributed by atoms with Gasteiger partial charge in [-0.05, 0) is 43.9 Å². The highest BCUT2D eigenvalue weighted by atomic mass is 16.3. The van der Waals surface area contributed by atoms with Gasteiger partial charge in [-0.25, -0.2) is 0 Å². The Bertz CT molecular complexity index is 540. The maximum absolute atomic E-state index is 9.52. The van der Waals surface area contributed by atoms with Gasteiger partial charge in [-0.2, -0.15) is 0 Å². The third kappa shape index (κ3) is 5.00. The second-order valence-electron chi connectivity index (χ2n) is 6.54. The molecule has 112 valence electrons. The van der Waals surface area contributed by atoms with E-state index in [1.54, 1.807) is 0 Å². The van der Waals surface area contributed by atoms with Crippen LogP contribution in [-0.4, -0.2) is 23.3 Å². The lowest BCUT2D eigenvalue weighted by atomic mass is 9.99. The lowest BCUT2D eigenvalue weighted by molar-refractivity contribution is 0.215. The summed E-state index contributed by atoms with van der Waals surface area (Å²) in [6.07, 6.45) is 0.836. The van der Waals surface area contributed by atoms with Crippen molar-refractivity contribution in [2.24, 2.45) is 0 Å². The van der Waals surface area contributed by atoms with E-state index in [1.165, 1.54) is 16.7 Å². The highest BCUT2D eigenvalue weighted by molar-refractivity contribution is 5.63. The van der Waals surface area contributed by atoms with E-state index in [-0.39, 0.29) is 18.2 Å². The van der Waals surface area contributed by atoms with Crippen molar-refractivity contribution in [3.8, 4) is 11.1 Å². The summed E-state index contributed by atoms with van der Waals surface area (Å²) in [5.41, 5.74) is 3.71. The van der Waals surface area contributed by atoms with Crippen molar-refractivity contribution in [2.45, 2.75) is 38.8 Å². The minimum Gasteiger partial charge on any atom is -0.395 e. The Hall–Kier alpha value is -1.64. The molecule has 0 saturated heterocycles. The van der Waals surface area contributed by atoms with Crippen LogP contribution in [0.3, 0.4) is 0 Å². The van der Waals surface area contributed by atoms with E-state index in [0.29, 0.717) is 0 Å². The van der Waals surface area contributed by atoms with Gasteiger partial charge in [0.15, 0.2) is 0 Å². The molecule has 0 aliphatic heterocycles. The van der Waals surface area contributed by atoms with Crippen molar-refractivity contribution in [2.75, 3.05) is 6.61 Å². The quantitative estimate of drug-likeness (QED) is 0.878. The van der Waals surface area contributed by atoms with Crippen LogP contribution in [0.4, 0.5) is 0 Å². The Labute approximate surface area is 127 Å². The van der Waals surface area contributed by atoms with Crippen LogP contribution < -0.4 is 5.32 Å². The monoisotopic (exact) mass is 283 g/mol. The van der Waals surface area contributed by atoms with Crippen LogP contribution in [0.2, 0.25) is 0 Å². The lowest BCUT2D eigenvalue weighted by Gasteiger charge is -2.27. The third-order valence-electron chi connectivity index (χ3n) is 3.40. The Morgan fingerprint density at radius 3 is 2.00 bits per heavy atom. The average Bonchev–Trinajstić information content (AvgIpc) is 2.47. The number of rotatable bonds is 5. The van der Waals surface area contributed by atoms with Crippen LogP contribution in [0.5, 0.6) is 0 Å². The zero-order valence-corrected chi connectivity index (χ0v) is 13.1. The van der Waals surface area contributed by atoms with Crippen LogP contribution in [0.1, 0.15) is 26.3 Å². The molecule has 2 nitrogen and oxygen atoms in total. The number of benzene rings is 2. The molecule has 21 heavy (non-hydrogen) atoms. The normalized spacial score (nSPS) is 13.1. The van der Waals surface area contributed by atoms with Crippen LogP contribution >= 0.6 is 0 Å². The molecule has 0 heterocycles. The van der Waals surface area contributed by atoms with Gasteiger partial charge in [0.2, 0.25) is 0 Å². The van der Waals surface area contributed by atoms with Gasteiger partial charge in [-0.3, -0.25) is 0 Å². The molecule has 2 rings (SSSR count). The summed E-state index contributed by atoms with van der Waals surface area (Å²) < 4.78 is 0. The zero-order valence-electron chi connectivity index (χ0n) is 13.1. The highest BCUT2D eigenvalue weighted by Gasteiger charge is 2.16. The van der Waals surface area contributed by atoms with Gasteiger partial charge in [0.25, 0.3) is 0 Å². The van der Waals surface area contributed by atoms with Crippen LogP contribution in [0.25, 0.3) is 11.1 Å². The molecule has 0 amide bonds. The van der Waals surface area contributed by atoms with E-state index in [0.717, 1.165) is 6.42 Å². The van der Waals surface area contributed by atoms with E-state index < -0.39 is 0 Å². The Kier molecular flexibility index (Phi) is 5.16. The molecule has 0 aromatic heterocycles. The molecule has 0 saturated carbocycles. The smallest absolute Gasteiger partial charge is 0.0588 e. The average molecular weight is 283 g/mol. The van der Waals surface area contributed by atoms with Crippen molar-refractivity contribution >= 4 is 0 Å². The fourth-order valence-electron chi connectivity index (χ4n) is 2.52. The Morgan fingerprint density at radius 2 is 1.48 bits per heavy atom. The second kappa shape index (κ2) is 6.88. The largest absolute Gasteiger partial charge is 0.395 e. The van der Waals surface area contributed by atoms with Gasteiger partial charge in [0, 0.05) is 11.6 Å². The van der Waals surface area contributed by atoms with Crippen molar-refractivity contribution < 1.29 is 5.11 Å². The molecular formula is C19H25NO. The number of nitrogens with one attached hydrogen (secondary N) is 1. The fourth-order valence-corrected chi connectivity index (χ4v) is 2.52. The fraction of sp³-hybridized carbons (Fsp3) is 0.368. The molecular weight excluding hydrogens is 258 g/mol. The van der Waals surface area contributed by atoms with E-state index >= 15 is 0 Å². The lowest BCUT2D eigenvalue weighted by Crippen LogP contribution is -2.46. The van der Waals surface area contributed by atoms with Gasteiger partial charge in [0.05, 0.1) is 6.61 Å². The number of aliphatic hydroxyl groups excluding tert-OH is 1. The van der Waals surface area contributed by atoms with Crippen molar-refractivity contribution in [3.63, 3.8) is 0 Å². The predicted molar refractivity (Wildman–Crippen MR) is 89.3 cm³/mol. The first-order chi connectivity index (χ1) is 9.98. The molecule has 0 bridgehead atoms. The van der Waals surface area contributed by atoms with E-state index in [9.17, 15) is 5.11 Å². The summed E-state index contributed by atoms with van der Waals surface area (Å²) in [5.74, 6) is 0. The van der Waals surface area contributed by atoms with Crippen molar-refractivity contribution in [3.05, 3.63) is 60.2 Å². The van der Waals surface area contributed by atoms with Gasteiger partial charge in [0.1, 0.15) is 0 Å². The molecule has 2 N–H and O–H groups in total. The molecule has 0 aliphatic rings. The molecule has 0 fully saturated rings. The summed E-state index contributed by atoms with van der Waals surface area (Å²) in [6, 6.07) is 19.1. The molecule has 0 aliphatic carbocycles. The first kappa shape index (κ1) is 15.7. The Morgan fingerprint density at radius 1 is 0.905 bits per heavy atom. The van der Waals surface area contributed by atoms with E-state index in [1.807, 2.05) is 6.07 Å². The SMILES string of the molecule is CC(C)(C)N[C@@H](CO)Cc1ccc(-c2ccccc2)cc1. The minimum atomic E-state index is 0.0113. The molecule has 1 atom stereocenters. The molecule has 0 radical (unpaired) electrons. The molecule has 2 aromatic rings. The molecule has 2 aromatic carbocycles. The minimum absolute atomic E-state index is 0.0113. The van der Waals surface area contributed by atoms with Gasteiger partial charge in [-0.1, -0.05) is 54.6 Å². The van der Waals surface area contributed by atoms with E-state index in [2.05, 4.69) is 74.6 Å². The summed E-state index contributed by atoms with van der Waals surface area (Å²) in [7, 11) is 0. The Balaban J connectivity index is 2.05. The maximum Gasteiger partial charge on any atom is 0.0588 e. The van der Waals surface area contributed by atoms with Crippen molar-refractivity contribution in [1.82, 2.24) is 5.32 Å². The molecule has 0 spiro atoms. The van der Waals surface area contributed by atoms with Gasteiger partial charge in [-0.15, -0.1) is 0 Å². The number of hydrogen-bond acceptors (Lipinski definition) is 2. The summed E-state index contributed by atoms with van der Waals surface area (Å²) in [5, 5.41) is 13.0. The van der Waals surface area contributed by atoms with Crippen LogP contribution in [0, 0.1) is 0 Å². The third-order valence-corrected chi connectivity index (χ3v) is 3.40. The predicted octanol–water partition coefficient (Wildman–Crippen LogP) is 3.65. The number of aliphatic hydroxyl groups is 1. The zero-order chi connectivity index (χ0) is 15.3. The van der Waals surface area contributed by atoms with Gasteiger partial charge >= 0.3 is 0 Å². The standard InChI is InChI=1S/C19H25NO/c1-19(2,3)20-18(14-21)13-15-9-11-17(12-10-15)16-7-5-4-6-8-16/h4-12,18,20-21H,13-14H2,1-3H3/t18-/m1/s1. The molecule has 0 unspecified atom stereocenters. The van der Waals surface area contributed by atoms with Crippen LogP contribution in [0.15, 0.2) is 54.6 Å². The van der Waals surface area contributed by atoms with Crippen LogP contribution in [-0.2, 0) is 6.42 Å². The highest BCUT2D eigenvalue weighted by Crippen LogP contribution is 2.19. The second-order valence-corrected chi connectivity index (χ2v) is 6.54. The molecule has 2 heteroatoms. The summed E-state index contributed by atoms with van der Waals surface area (Å²) in [6.45, 7) is 6.51. The summed E-state index contributed by atoms with van der Waals surface area (Å²) >= 11 is 0. The topological polar surface area (TPSA) is 32.3 Å². The maximum atomic E-state index is 9.52. The van der Waals surface area contributed by atoms with Crippen molar-refractivity contribution in [1.29, 1.82) is 0 Å². The van der Waals surface area contributed by atoms with E-state index in [4.69, 9.17) is 0 Å². The first-order valence-corrected chi connectivity index (χ1v) is 7.51.